The van der Waals surface area contributed by atoms with Crippen molar-refractivity contribution in [2.75, 3.05) is 0 Å². The van der Waals surface area contributed by atoms with Crippen molar-refractivity contribution in [2.45, 2.75) is 37.8 Å². The van der Waals surface area contributed by atoms with Crippen molar-refractivity contribution < 1.29 is 13.2 Å². The van der Waals surface area contributed by atoms with Crippen molar-refractivity contribution in [3.05, 3.63) is 52.2 Å². The summed E-state index contributed by atoms with van der Waals surface area (Å²) in [6, 6.07) is 9.54. The molecule has 23 heavy (non-hydrogen) atoms. The number of nitrogens with one attached hydrogen (secondary N) is 2. The van der Waals surface area contributed by atoms with Crippen LogP contribution in [0.1, 0.15) is 42.0 Å². The van der Waals surface area contributed by atoms with E-state index in [4.69, 9.17) is 0 Å². The minimum absolute atomic E-state index is 0.0893. The lowest BCUT2D eigenvalue weighted by atomic mass is 10.2. The minimum Gasteiger partial charge on any atom is -0.345 e. The van der Waals surface area contributed by atoms with E-state index in [1.807, 2.05) is 24.4 Å². The highest BCUT2D eigenvalue weighted by Crippen LogP contribution is 2.19. The first kappa shape index (κ1) is 17.7. The van der Waals surface area contributed by atoms with E-state index in [1.54, 1.807) is 25.2 Å². The second-order valence-corrected chi connectivity index (χ2v) is 8.20. The molecule has 1 aromatic heterocycles. The van der Waals surface area contributed by atoms with Gasteiger partial charge in [0, 0.05) is 16.5 Å². The summed E-state index contributed by atoms with van der Waals surface area (Å²) in [5.41, 5.74) is 0.428. The summed E-state index contributed by atoms with van der Waals surface area (Å²) >= 11 is 1.58. The lowest BCUT2D eigenvalue weighted by Gasteiger charge is -2.13. The Morgan fingerprint density at radius 1 is 1.09 bits per heavy atom. The van der Waals surface area contributed by atoms with E-state index in [1.165, 1.54) is 24.3 Å². The fourth-order valence-corrected chi connectivity index (χ4v) is 4.04. The number of thiophene rings is 1. The fourth-order valence-electron chi connectivity index (χ4n) is 2.05. The molecule has 2 N–H and O–H groups in total. The molecule has 5 nitrogen and oxygen atoms in total. The summed E-state index contributed by atoms with van der Waals surface area (Å²) in [5.74, 6) is -0.230. The predicted molar refractivity (Wildman–Crippen MR) is 92.1 cm³/mol. The first-order valence-electron chi connectivity index (χ1n) is 7.26. The second-order valence-electron chi connectivity index (χ2n) is 5.51. The zero-order chi connectivity index (χ0) is 17.0. The average Bonchev–Trinajstić information content (AvgIpc) is 3.00. The molecule has 1 amide bonds. The van der Waals surface area contributed by atoms with Crippen molar-refractivity contribution >= 4 is 27.3 Å². The Hall–Kier alpha value is -1.70. The smallest absolute Gasteiger partial charge is 0.251 e. The maximum absolute atomic E-state index is 12.2. The van der Waals surface area contributed by atoms with Gasteiger partial charge >= 0.3 is 0 Å². The third-order valence-electron chi connectivity index (χ3n) is 3.14. The molecule has 0 saturated carbocycles. The van der Waals surface area contributed by atoms with Crippen LogP contribution in [0, 0.1) is 0 Å². The van der Waals surface area contributed by atoms with Gasteiger partial charge in [-0.15, -0.1) is 11.3 Å². The van der Waals surface area contributed by atoms with Crippen LogP contribution >= 0.6 is 11.3 Å². The SMILES string of the molecule is CC(C)NS(=O)(=O)c1ccc(C(=O)NC(C)c2cccs2)cc1. The van der Waals surface area contributed by atoms with Crippen LogP contribution in [0.25, 0.3) is 0 Å². The monoisotopic (exact) mass is 352 g/mol. The highest BCUT2D eigenvalue weighted by molar-refractivity contribution is 7.89. The lowest BCUT2D eigenvalue weighted by Crippen LogP contribution is -2.30. The van der Waals surface area contributed by atoms with Crippen molar-refractivity contribution in [1.82, 2.24) is 10.0 Å². The van der Waals surface area contributed by atoms with Crippen molar-refractivity contribution in [3.63, 3.8) is 0 Å². The molecule has 1 unspecified atom stereocenters. The number of rotatable bonds is 6. The normalized spacial score (nSPS) is 13.0. The quantitative estimate of drug-likeness (QED) is 0.839. The van der Waals surface area contributed by atoms with Crippen LogP contribution in [0.3, 0.4) is 0 Å². The Morgan fingerprint density at radius 2 is 1.74 bits per heavy atom. The molecular formula is C16H20N2O3S2. The van der Waals surface area contributed by atoms with Crippen LogP contribution in [0.5, 0.6) is 0 Å². The zero-order valence-electron chi connectivity index (χ0n) is 13.2. The van der Waals surface area contributed by atoms with Gasteiger partial charge in [0.2, 0.25) is 10.0 Å². The summed E-state index contributed by atoms with van der Waals surface area (Å²) in [6.07, 6.45) is 0. The molecule has 1 atom stereocenters. The number of benzene rings is 1. The first-order chi connectivity index (χ1) is 10.8. The van der Waals surface area contributed by atoms with Gasteiger partial charge in [0.05, 0.1) is 10.9 Å². The lowest BCUT2D eigenvalue weighted by molar-refractivity contribution is 0.0940. The highest BCUT2D eigenvalue weighted by atomic mass is 32.2. The minimum atomic E-state index is -3.54. The van der Waals surface area contributed by atoms with Gasteiger partial charge in [-0.3, -0.25) is 4.79 Å². The molecule has 0 radical (unpaired) electrons. The zero-order valence-corrected chi connectivity index (χ0v) is 14.9. The molecule has 124 valence electrons. The molecule has 0 aliphatic rings. The largest absolute Gasteiger partial charge is 0.345 e. The third-order valence-corrected chi connectivity index (χ3v) is 5.86. The standard InChI is InChI=1S/C16H20N2O3S2/c1-11(2)18-23(20,21)14-8-6-13(7-9-14)16(19)17-12(3)15-5-4-10-22-15/h4-12,18H,1-3H3,(H,17,19). The van der Waals surface area contributed by atoms with E-state index >= 15 is 0 Å². The molecule has 0 bridgehead atoms. The van der Waals surface area contributed by atoms with Crippen LogP contribution in [0.2, 0.25) is 0 Å². The van der Waals surface area contributed by atoms with Gasteiger partial charge in [0.15, 0.2) is 0 Å². The molecule has 1 heterocycles. The van der Waals surface area contributed by atoms with E-state index in [-0.39, 0.29) is 22.9 Å². The predicted octanol–water partition coefficient (Wildman–Crippen LogP) is 2.93. The van der Waals surface area contributed by atoms with E-state index in [0.717, 1.165) is 4.88 Å². The number of carbonyl (C=O) groups excluding carboxylic acids is 1. The molecular weight excluding hydrogens is 332 g/mol. The molecule has 0 spiro atoms. The van der Waals surface area contributed by atoms with E-state index in [9.17, 15) is 13.2 Å². The molecule has 1 aromatic carbocycles. The molecule has 2 rings (SSSR count). The summed E-state index contributed by atoms with van der Waals surface area (Å²) in [5, 5.41) is 4.85. The fraction of sp³-hybridized carbons (Fsp3) is 0.312. The van der Waals surface area contributed by atoms with Gasteiger partial charge in [-0.25, -0.2) is 13.1 Å². The van der Waals surface area contributed by atoms with Crippen molar-refractivity contribution in [3.8, 4) is 0 Å². The highest BCUT2D eigenvalue weighted by Gasteiger charge is 2.17. The van der Waals surface area contributed by atoms with E-state index < -0.39 is 10.0 Å². The maximum atomic E-state index is 12.2. The number of amides is 1. The van der Waals surface area contributed by atoms with Gasteiger partial charge in [-0.05, 0) is 56.5 Å². The third kappa shape index (κ3) is 4.63. The molecule has 0 saturated heterocycles. The Kier molecular flexibility index (Phi) is 5.56. The number of carbonyl (C=O) groups is 1. The molecule has 0 aliphatic heterocycles. The summed E-state index contributed by atoms with van der Waals surface area (Å²) in [7, 11) is -3.54. The molecule has 2 aromatic rings. The second kappa shape index (κ2) is 7.25. The van der Waals surface area contributed by atoms with Gasteiger partial charge < -0.3 is 5.32 Å². The van der Waals surface area contributed by atoms with Crippen LogP contribution < -0.4 is 10.0 Å². The Morgan fingerprint density at radius 3 is 2.26 bits per heavy atom. The van der Waals surface area contributed by atoms with Crippen molar-refractivity contribution in [1.29, 1.82) is 0 Å². The average molecular weight is 352 g/mol. The summed E-state index contributed by atoms with van der Waals surface area (Å²) in [6.45, 7) is 5.42. The van der Waals surface area contributed by atoms with E-state index in [0.29, 0.717) is 5.56 Å². The van der Waals surface area contributed by atoms with Gasteiger partial charge in [-0.1, -0.05) is 6.07 Å². The van der Waals surface area contributed by atoms with Crippen LogP contribution in [-0.4, -0.2) is 20.4 Å². The van der Waals surface area contributed by atoms with Crippen LogP contribution in [0.15, 0.2) is 46.7 Å². The molecule has 0 fully saturated rings. The first-order valence-corrected chi connectivity index (χ1v) is 9.62. The molecule has 0 aliphatic carbocycles. The number of hydrogen-bond acceptors (Lipinski definition) is 4. The Labute approximate surface area is 140 Å². The van der Waals surface area contributed by atoms with Crippen LogP contribution in [-0.2, 0) is 10.0 Å². The van der Waals surface area contributed by atoms with E-state index in [2.05, 4.69) is 10.0 Å². The number of hydrogen-bond donors (Lipinski definition) is 2. The van der Waals surface area contributed by atoms with Gasteiger partial charge in [0.25, 0.3) is 5.91 Å². The Bertz CT molecular complexity index is 751. The van der Waals surface area contributed by atoms with Crippen LogP contribution in [0.4, 0.5) is 0 Å². The van der Waals surface area contributed by atoms with Gasteiger partial charge in [-0.2, -0.15) is 0 Å². The topological polar surface area (TPSA) is 75.3 Å². The van der Waals surface area contributed by atoms with Gasteiger partial charge in [0.1, 0.15) is 0 Å². The Balaban J connectivity index is 2.09. The summed E-state index contributed by atoms with van der Waals surface area (Å²) < 4.78 is 26.6. The van der Waals surface area contributed by atoms with Crippen molar-refractivity contribution in [2.24, 2.45) is 0 Å². The molecule has 7 heteroatoms. The maximum Gasteiger partial charge on any atom is 0.251 e. The number of sulfonamides is 1. The summed E-state index contributed by atoms with van der Waals surface area (Å²) in [4.78, 5) is 13.4.